The molecule has 0 unspecified atom stereocenters. The van der Waals surface area contributed by atoms with Crippen molar-refractivity contribution in [3.05, 3.63) is 29.6 Å². The summed E-state index contributed by atoms with van der Waals surface area (Å²) >= 11 is 0. The fourth-order valence-corrected chi connectivity index (χ4v) is 3.60. The first kappa shape index (κ1) is 14.8. The van der Waals surface area contributed by atoms with Crippen LogP contribution in [0.15, 0.2) is 23.9 Å². The number of allylic oxidation sites excluding steroid dienone is 1. The van der Waals surface area contributed by atoms with Crippen LogP contribution >= 0.6 is 0 Å². The van der Waals surface area contributed by atoms with Crippen molar-refractivity contribution in [2.24, 2.45) is 0 Å². The minimum Gasteiger partial charge on any atom is -0.394 e. The molecule has 0 spiro atoms. The first-order valence-corrected chi connectivity index (χ1v) is 8.39. The highest BCUT2D eigenvalue weighted by atomic mass is 16.3. The Balaban J connectivity index is 1.58. The van der Waals surface area contributed by atoms with Crippen molar-refractivity contribution < 1.29 is 5.11 Å². The number of likely N-dealkylation sites (tertiary alicyclic amines) is 1. The average molecular weight is 289 g/mol. The molecule has 0 radical (unpaired) electrons. The van der Waals surface area contributed by atoms with E-state index in [1.807, 2.05) is 10.9 Å². The lowest BCUT2D eigenvalue weighted by Crippen LogP contribution is -2.36. The minimum absolute atomic E-state index is 0.159. The van der Waals surface area contributed by atoms with E-state index in [1.54, 1.807) is 5.57 Å². The predicted molar refractivity (Wildman–Crippen MR) is 84.3 cm³/mol. The van der Waals surface area contributed by atoms with Gasteiger partial charge in [-0.2, -0.15) is 5.10 Å². The zero-order valence-corrected chi connectivity index (χ0v) is 12.9. The lowest BCUT2D eigenvalue weighted by atomic mass is 9.93. The Kier molecular flexibility index (Phi) is 5.09. The van der Waals surface area contributed by atoms with Crippen LogP contribution in [0, 0.1) is 0 Å². The van der Waals surface area contributed by atoms with Gasteiger partial charge in [-0.15, -0.1) is 0 Å². The van der Waals surface area contributed by atoms with Crippen LogP contribution in [-0.4, -0.2) is 46.0 Å². The van der Waals surface area contributed by atoms with Crippen LogP contribution in [0.3, 0.4) is 0 Å². The van der Waals surface area contributed by atoms with Gasteiger partial charge in [0.15, 0.2) is 0 Å². The Labute approximate surface area is 127 Å². The molecular weight excluding hydrogens is 262 g/mol. The quantitative estimate of drug-likeness (QED) is 0.847. The lowest BCUT2D eigenvalue weighted by Gasteiger charge is -2.33. The molecule has 21 heavy (non-hydrogen) atoms. The van der Waals surface area contributed by atoms with E-state index >= 15 is 0 Å². The van der Waals surface area contributed by atoms with Gasteiger partial charge < -0.3 is 5.11 Å². The van der Waals surface area contributed by atoms with Crippen molar-refractivity contribution >= 4 is 0 Å². The van der Waals surface area contributed by atoms with Gasteiger partial charge in [0.25, 0.3) is 0 Å². The second-order valence-corrected chi connectivity index (χ2v) is 6.41. The van der Waals surface area contributed by atoms with Crippen LogP contribution in [-0.2, 0) is 6.54 Å². The maximum absolute atomic E-state index is 8.99. The Morgan fingerprint density at radius 2 is 2.24 bits per heavy atom. The highest BCUT2D eigenvalue weighted by Crippen LogP contribution is 2.27. The summed E-state index contributed by atoms with van der Waals surface area (Å²) in [5, 5.41) is 13.6. The number of hydrogen-bond acceptors (Lipinski definition) is 3. The normalized spacial score (nSPS) is 24.0. The van der Waals surface area contributed by atoms with Crippen molar-refractivity contribution in [2.75, 3.05) is 26.2 Å². The molecule has 2 aliphatic rings. The van der Waals surface area contributed by atoms with Gasteiger partial charge in [0.2, 0.25) is 0 Å². The van der Waals surface area contributed by atoms with Crippen molar-refractivity contribution in [3.8, 4) is 0 Å². The van der Waals surface area contributed by atoms with Crippen LogP contribution < -0.4 is 0 Å². The van der Waals surface area contributed by atoms with Crippen molar-refractivity contribution in [2.45, 2.75) is 51.0 Å². The van der Waals surface area contributed by atoms with Gasteiger partial charge in [-0.1, -0.05) is 11.6 Å². The molecule has 1 aliphatic carbocycles. The summed E-state index contributed by atoms with van der Waals surface area (Å²) in [6.45, 7) is 4.28. The zero-order chi connectivity index (χ0) is 14.5. The van der Waals surface area contributed by atoms with Crippen molar-refractivity contribution in [3.63, 3.8) is 0 Å². The van der Waals surface area contributed by atoms with E-state index in [4.69, 9.17) is 5.11 Å². The second-order valence-electron chi connectivity index (χ2n) is 6.41. The first-order valence-electron chi connectivity index (χ1n) is 8.39. The summed E-state index contributed by atoms with van der Waals surface area (Å²) < 4.78 is 1.86. The van der Waals surface area contributed by atoms with E-state index in [0.29, 0.717) is 12.5 Å². The topological polar surface area (TPSA) is 41.3 Å². The van der Waals surface area contributed by atoms with Gasteiger partial charge in [0.1, 0.15) is 0 Å². The van der Waals surface area contributed by atoms with E-state index in [1.165, 1.54) is 50.8 Å². The maximum atomic E-state index is 8.99. The third-order valence-corrected chi connectivity index (χ3v) is 4.73. The summed E-state index contributed by atoms with van der Waals surface area (Å²) in [6, 6.07) is 2.13. The highest BCUT2D eigenvalue weighted by molar-refractivity contribution is 5.11. The molecule has 116 valence electrons. The molecule has 4 nitrogen and oxygen atoms in total. The molecule has 3 rings (SSSR count). The molecule has 1 N–H and O–H groups in total. The average Bonchev–Trinajstić information content (AvgIpc) is 2.98. The lowest BCUT2D eigenvalue weighted by molar-refractivity contribution is 0.218. The molecule has 1 aliphatic heterocycles. The molecule has 1 saturated heterocycles. The molecule has 1 aromatic heterocycles. The number of hydrogen-bond donors (Lipinski definition) is 1. The molecule has 1 atom stereocenters. The number of aromatic nitrogens is 2. The number of rotatable bonds is 5. The monoisotopic (exact) mass is 289 g/mol. The molecule has 1 aromatic rings. The molecule has 0 bridgehead atoms. The Bertz CT molecular complexity index is 480. The standard InChI is InChI=1S/C17H27N3O/c21-12-11-20-10-8-17(18-20)16-7-4-9-19(14-16)13-15-5-2-1-3-6-15/h5,8,10,16,21H,1-4,6-7,9,11-14H2/t16-/m0/s1. The van der Waals surface area contributed by atoms with Crippen LogP contribution in [0.25, 0.3) is 0 Å². The predicted octanol–water partition coefficient (Wildman–Crippen LogP) is 2.56. The minimum atomic E-state index is 0.159. The van der Waals surface area contributed by atoms with Gasteiger partial charge in [-0.3, -0.25) is 9.58 Å². The molecule has 2 heterocycles. The number of nitrogens with zero attached hydrogens (tertiary/aromatic N) is 3. The fraction of sp³-hybridized carbons (Fsp3) is 0.706. The molecule has 4 heteroatoms. The van der Waals surface area contributed by atoms with Crippen LogP contribution in [0.5, 0.6) is 0 Å². The summed E-state index contributed by atoms with van der Waals surface area (Å²) in [4.78, 5) is 2.61. The van der Waals surface area contributed by atoms with E-state index in [2.05, 4.69) is 22.1 Å². The van der Waals surface area contributed by atoms with E-state index in [0.717, 1.165) is 13.1 Å². The third-order valence-electron chi connectivity index (χ3n) is 4.73. The van der Waals surface area contributed by atoms with Crippen LogP contribution in [0.4, 0.5) is 0 Å². The highest BCUT2D eigenvalue weighted by Gasteiger charge is 2.23. The van der Waals surface area contributed by atoms with Gasteiger partial charge in [-0.25, -0.2) is 0 Å². The van der Waals surface area contributed by atoms with Crippen LogP contribution in [0.1, 0.15) is 50.1 Å². The summed E-state index contributed by atoms with van der Waals surface area (Å²) in [6.07, 6.45) is 12.3. The third kappa shape index (κ3) is 3.95. The van der Waals surface area contributed by atoms with E-state index < -0.39 is 0 Å². The SMILES string of the molecule is OCCn1ccc([C@H]2CCCN(CC3=CCCCC3)C2)n1. The summed E-state index contributed by atoms with van der Waals surface area (Å²) in [5.74, 6) is 0.558. The Morgan fingerprint density at radius 1 is 1.29 bits per heavy atom. The first-order chi connectivity index (χ1) is 10.3. The fourth-order valence-electron chi connectivity index (χ4n) is 3.60. The van der Waals surface area contributed by atoms with Gasteiger partial charge in [0, 0.05) is 25.2 Å². The molecule has 1 fully saturated rings. The molecule has 0 amide bonds. The Morgan fingerprint density at radius 3 is 3.05 bits per heavy atom. The molecule has 0 aromatic carbocycles. The summed E-state index contributed by atoms with van der Waals surface area (Å²) in [7, 11) is 0. The van der Waals surface area contributed by atoms with Gasteiger partial charge in [0.05, 0.1) is 18.8 Å². The van der Waals surface area contributed by atoms with Crippen molar-refractivity contribution in [1.82, 2.24) is 14.7 Å². The van der Waals surface area contributed by atoms with Gasteiger partial charge in [-0.05, 0) is 51.1 Å². The molecular formula is C17H27N3O. The van der Waals surface area contributed by atoms with Crippen molar-refractivity contribution in [1.29, 1.82) is 0 Å². The number of piperidine rings is 1. The molecule has 0 saturated carbocycles. The van der Waals surface area contributed by atoms with Gasteiger partial charge >= 0.3 is 0 Å². The number of aliphatic hydroxyl groups is 1. The largest absolute Gasteiger partial charge is 0.394 e. The second kappa shape index (κ2) is 7.23. The van der Waals surface area contributed by atoms with Crippen LogP contribution in [0.2, 0.25) is 0 Å². The summed E-state index contributed by atoms with van der Waals surface area (Å²) in [5.41, 5.74) is 2.85. The van der Waals surface area contributed by atoms with E-state index in [9.17, 15) is 0 Å². The van der Waals surface area contributed by atoms with E-state index in [-0.39, 0.29) is 6.61 Å². The smallest absolute Gasteiger partial charge is 0.0668 e. The maximum Gasteiger partial charge on any atom is 0.0668 e. The number of aliphatic hydroxyl groups excluding tert-OH is 1. The Hall–Kier alpha value is -1.13. The zero-order valence-electron chi connectivity index (χ0n) is 12.9.